The Labute approximate surface area is 571 Å². The third-order valence-corrected chi connectivity index (χ3v) is 14.3. The number of aliphatic imine (C=N–C) groups is 2. The van der Waals surface area contributed by atoms with Gasteiger partial charge in [0.1, 0.15) is 45.4 Å². The second-order valence-electron chi connectivity index (χ2n) is 30.9. The first-order valence-electron chi connectivity index (χ1n) is 31.1. The molecule has 2 rings (SSSR count). The van der Waals surface area contributed by atoms with Crippen LogP contribution in [0, 0.1) is 68.0 Å². The predicted octanol–water partition coefficient (Wildman–Crippen LogP) is 17.2. The van der Waals surface area contributed by atoms with E-state index in [1.807, 2.05) is 227 Å². The molecule has 2 aromatic heterocycles. The molecule has 530 valence electrons. The Hall–Kier alpha value is -5.21. The van der Waals surface area contributed by atoms with Gasteiger partial charge in [-0.2, -0.15) is 25.5 Å². The number of aromatic nitrogens is 4. The maximum Gasteiger partial charge on any atom is 0.200 e. The van der Waals surface area contributed by atoms with Gasteiger partial charge in [0.2, 0.25) is 0 Å². The zero-order valence-electron chi connectivity index (χ0n) is 65.2. The third kappa shape index (κ3) is 47.6. The number of hydrogen-bond acceptors (Lipinski definition) is 20. The van der Waals surface area contributed by atoms with E-state index in [0.29, 0.717) is 51.1 Å². The van der Waals surface area contributed by atoms with Crippen LogP contribution < -0.4 is 5.73 Å². The van der Waals surface area contributed by atoms with Crippen molar-refractivity contribution in [3.63, 3.8) is 0 Å². The minimum atomic E-state index is -0.450. The van der Waals surface area contributed by atoms with Gasteiger partial charge >= 0.3 is 0 Å². The Balaban J connectivity index is -0.000000179. The first-order valence-corrected chi connectivity index (χ1v) is 34.1. The normalized spacial score (nSPS) is 12.7. The SMILES string of the molecule is C/C=C(\C(=O)C(C)(C)C)c1nsc(N)n1.CC(=O)C(C)(C)C.CC(=O)C(C)C.CC(=O)C(C)C(=O)C(C)(C)C.CC(C)C(=O)C(C)(C)C.CC=C(C)C(=O)C(C)(C)C.CN=C(C(=O)C(C)(C)C)c1nsc(C)n1.CN=C(C)C(=O)C(C)(C)C.CSCC(=O)C(C)(C)C. The lowest BCUT2D eigenvalue weighted by Gasteiger charge is -2.19. The Kier molecular flexibility index (Phi) is 48.5. The van der Waals surface area contributed by atoms with Crippen LogP contribution in [0.25, 0.3) is 5.57 Å². The quantitative estimate of drug-likeness (QED) is 0.117. The molecule has 20 heteroatoms. The standard InChI is InChI=1S/2C10H15N3OS.C9H16O2.C9H16O.C8H15NO.C8H16O.C7H14OS.C6H12O.C5H10O/c1-6-12-9(13-15-6)7(11-5)8(14)10(2,3)4;1-5-6(7(14)10(2,3)4)8-12-9(11)15-13-8;1-6(7(2)10)8(11)9(3,4)5;1-6-7(2)8(10)9(3,4)5;1-6(9-5)7(10)8(2,3)4;1-6(2)7(9)8(3,4)5;1-7(2,3)6(8)5-9-4;1-5(7)6(2,3)4;1-4(2)5(3)6/h1-5H3;5H,1-4H3,(H2,11,12,13);6H,1-5H3;6H,1-5H3;1-5H3;6H,1-5H3;5H2,1-4H3;1-4H3;4H,1-3H3/b;6-5+;;;;;;;. The molecular weight excluding hydrogens is 1220 g/mol. The van der Waals surface area contributed by atoms with Gasteiger partial charge in [0.25, 0.3) is 0 Å². The van der Waals surface area contributed by atoms with Gasteiger partial charge in [-0.3, -0.25) is 57.9 Å². The first-order chi connectivity index (χ1) is 40.7. The summed E-state index contributed by atoms with van der Waals surface area (Å²) in [5.41, 5.74) is 5.61. The zero-order valence-corrected chi connectivity index (χ0v) is 67.6. The summed E-state index contributed by atoms with van der Waals surface area (Å²) in [7, 11) is 3.23. The maximum absolute atomic E-state index is 12.0. The topological polar surface area (TPSA) is 273 Å². The van der Waals surface area contributed by atoms with Gasteiger partial charge in [0.05, 0.1) is 23.0 Å². The van der Waals surface area contributed by atoms with Crippen LogP contribution >= 0.6 is 34.8 Å². The molecule has 92 heavy (non-hydrogen) atoms. The van der Waals surface area contributed by atoms with E-state index < -0.39 is 22.2 Å². The lowest BCUT2D eigenvalue weighted by atomic mass is 9.82. The molecule has 0 saturated heterocycles. The Morgan fingerprint density at radius 2 is 0.848 bits per heavy atom. The smallest absolute Gasteiger partial charge is 0.200 e. The van der Waals surface area contributed by atoms with Crippen LogP contribution in [-0.4, -0.2) is 114 Å². The number of thioether (sulfide) groups is 1. The molecule has 2 heterocycles. The van der Waals surface area contributed by atoms with E-state index in [0.717, 1.165) is 22.1 Å². The average molecular weight is 1350 g/mol. The minimum Gasteiger partial charge on any atom is -0.374 e. The van der Waals surface area contributed by atoms with E-state index in [1.54, 1.807) is 66.6 Å². The molecule has 0 aliphatic heterocycles. The fraction of sp³-hybridized carbons (Fsp3) is 0.722. The van der Waals surface area contributed by atoms with E-state index in [1.165, 1.54) is 18.5 Å². The van der Waals surface area contributed by atoms with Gasteiger partial charge in [-0.05, 0) is 85.7 Å². The van der Waals surface area contributed by atoms with Gasteiger partial charge in [0.15, 0.2) is 39.9 Å². The molecule has 0 radical (unpaired) electrons. The number of Topliss-reactive ketones (excluding diaryl/α,β-unsaturated/α-hetero) is 10. The second-order valence-corrected chi connectivity index (χ2v) is 33.5. The minimum absolute atomic E-state index is 0.0185. The highest BCUT2D eigenvalue weighted by molar-refractivity contribution is 7.99. The molecule has 2 N–H and O–H groups in total. The number of carbonyl (C=O) groups is 10. The van der Waals surface area contributed by atoms with Crippen LogP contribution in [0.5, 0.6) is 0 Å². The van der Waals surface area contributed by atoms with Gasteiger partial charge in [-0.15, -0.1) is 0 Å². The highest BCUT2D eigenvalue weighted by Crippen LogP contribution is 2.27. The fourth-order valence-corrected chi connectivity index (χ4v) is 7.19. The van der Waals surface area contributed by atoms with Crippen molar-refractivity contribution in [1.29, 1.82) is 0 Å². The largest absolute Gasteiger partial charge is 0.374 e. The second kappa shape index (κ2) is 44.5. The lowest BCUT2D eigenvalue weighted by molar-refractivity contribution is -0.136. The van der Waals surface area contributed by atoms with Gasteiger partial charge in [-0.25, -0.2) is 4.98 Å². The van der Waals surface area contributed by atoms with Crippen molar-refractivity contribution < 1.29 is 47.9 Å². The summed E-state index contributed by atoms with van der Waals surface area (Å²) in [6.07, 6.45) is 5.53. The molecule has 0 fully saturated rings. The molecular formula is C72H129N7O10S3. The number of nitrogen functional groups attached to an aromatic ring is 1. The summed E-state index contributed by atoms with van der Waals surface area (Å²) in [6.45, 7) is 68.7. The average Bonchev–Trinajstić information content (AvgIpc) is 1.72. The predicted molar refractivity (Wildman–Crippen MR) is 393 cm³/mol. The molecule has 0 bridgehead atoms. The summed E-state index contributed by atoms with van der Waals surface area (Å²) < 4.78 is 8.14. The zero-order chi connectivity index (χ0) is 75.6. The molecule has 0 saturated carbocycles. The number of aryl methyl sites for hydroxylation is 1. The highest BCUT2D eigenvalue weighted by atomic mass is 32.2. The summed E-state index contributed by atoms with van der Waals surface area (Å²) in [6, 6.07) is 0. The first kappa shape index (κ1) is 100. The van der Waals surface area contributed by atoms with Crippen molar-refractivity contribution in [3.8, 4) is 0 Å². The van der Waals surface area contributed by atoms with Crippen molar-refractivity contribution in [2.24, 2.45) is 71.1 Å². The number of anilines is 1. The van der Waals surface area contributed by atoms with Crippen LogP contribution in [-0.2, 0) is 47.9 Å². The van der Waals surface area contributed by atoms with Crippen LogP contribution in [0.4, 0.5) is 5.13 Å². The van der Waals surface area contributed by atoms with Crippen molar-refractivity contribution in [2.75, 3.05) is 31.8 Å². The van der Waals surface area contributed by atoms with E-state index in [4.69, 9.17) is 5.73 Å². The van der Waals surface area contributed by atoms with Gasteiger partial charge in [-0.1, -0.05) is 206 Å². The summed E-state index contributed by atoms with van der Waals surface area (Å²) in [4.78, 5) is 128. The van der Waals surface area contributed by atoms with E-state index in [9.17, 15) is 47.9 Å². The Morgan fingerprint density at radius 1 is 0.478 bits per heavy atom. The Morgan fingerprint density at radius 3 is 1.00 bits per heavy atom. The number of allylic oxidation sites excluding steroid dienone is 4. The molecule has 0 aliphatic carbocycles. The molecule has 2 aromatic rings. The van der Waals surface area contributed by atoms with E-state index in [2.05, 4.69) is 28.7 Å². The lowest BCUT2D eigenvalue weighted by Crippen LogP contribution is -2.30. The number of ketones is 10. The molecule has 0 aliphatic rings. The van der Waals surface area contributed by atoms with Crippen molar-refractivity contribution in [3.05, 3.63) is 34.4 Å². The maximum atomic E-state index is 12.0. The highest BCUT2D eigenvalue weighted by Gasteiger charge is 2.31. The fourth-order valence-electron chi connectivity index (χ4n) is 5.58. The van der Waals surface area contributed by atoms with Crippen LogP contribution in [0.1, 0.15) is 266 Å². The number of carbonyl (C=O) groups excluding carboxylic acids is 10. The van der Waals surface area contributed by atoms with E-state index in [-0.39, 0.29) is 85.2 Å². The number of hydrogen-bond donors (Lipinski definition) is 1. The molecule has 0 aromatic carbocycles. The molecule has 1 atom stereocenters. The third-order valence-electron chi connectivity index (χ3n) is 12.6. The summed E-state index contributed by atoms with van der Waals surface area (Å²) in [5.74, 6) is 2.94. The summed E-state index contributed by atoms with van der Waals surface area (Å²) in [5, 5.41) is 1.22. The molecule has 0 spiro atoms. The van der Waals surface area contributed by atoms with Crippen molar-refractivity contribution >= 4 is 115 Å². The van der Waals surface area contributed by atoms with Crippen LogP contribution in [0.15, 0.2) is 27.7 Å². The van der Waals surface area contributed by atoms with Gasteiger partial charge < -0.3 is 5.73 Å². The Bertz CT molecular complexity index is 2670. The number of nitrogens with zero attached hydrogens (tertiary/aromatic N) is 6. The van der Waals surface area contributed by atoms with Crippen molar-refractivity contribution in [2.45, 2.75) is 256 Å². The monoisotopic (exact) mass is 1350 g/mol. The summed E-state index contributed by atoms with van der Waals surface area (Å²) >= 11 is 3.97. The van der Waals surface area contributed by atoms with Crippen LogP contribution in [0.3, 0.4) is 0 Å². The van der Waals surface area contributed by atoms with Crippen LogP contribution in [0.2, 0.25) is 0 Å². The number of rotatable bonds is 12. The van der Waals surface area contributed by atoms with Gasteiger partial charge in [0, 0.05) is 80.8 Å². The number of nitrogens with two attached hydrogens (primary N) is 1. The molecule has 17 nitrogen and oxygen atoms in total. The van der Waals surface area contributed by atoms with E-state index >= 15 is 0 Å². The van der Waals surface area contributed by atoms with Crippen molar-refractivity contribution in [1.82, 2.24) is 18.7 Å². The molecule has 0 amide bonds. The molecule has 1 unspecified atom stereocenters.